The summed E-state index contributed by atoms with van der Waals surface area (Å²) in [7, 11) is 0. The summed E-state index contributed by atoms with van der Waals surface area (Å²) < 4.78 is 5.88. The van der Waals surface area contributed by atoms with Gasteiger partial charge in [0, 0.05) is 49.2 Å². The molecule has 0 saturated heterocycles. The summed E-state index contributed by atoms with van der Waals surface area (Å²) in [6.07, 6.45) is 17.4. The SMILES string of the molecule is CCC(=O)O[C@H]1CC[C@]2(C)C3CC[C@@]4(C)C(CC[C@@H]4C(C)CCCC(C)C)C3C[C@@H](NCCc3cnc[nH]3)[C@@]2(O)C1. The van der Waals surface area contributed by atoms with Crippen LogP contribution in [0.3, 0.4) is 0 Å². The van der Waals surface area contributed by atoms with E-state index < -0.39 is 5.60 Å². The molecule has 4 saturated carbocycles. The molecule has 232 valence electrons. The third kappa shape index (κ3) is 5.78. The van der Waals surface area contributed by atoms with E-state index in [0.717, 1.165) is 61.6 Å². The molecule has 4 fully saturated rings. The monoisotopic (exact) mass is 569 g/mol. The van der Waals surface area contributed by atoms with Gasteiger partial charge in [-0.2, -0.15) is 0 Å². The maximum absolute atomic E-state index is 12.8. The quantitative estimate of drug-likeness (QED) is 0.248. The molecule has 5 rings (SSSR count). The van der Waals surface area contributed by atoms with E-state index in [1.165, 1.54) is 44.9 Å². The maximum Gasteiger partial charge on any atom is 0.305 e. The first-order valence-electron chi connectivity index (χ1n) is 17.1. The summed E-state index contributed by atoms with van der Waals surface area (Å²) in [4.78, 5) is 19.7. The summed E-state index contributed by atoms with van der Waals surface area (Å²) in [6.45, 7) is 15.0. The number of aromatic amines is 1. The van der Waals surface area contributed by atoms with Crippen molar-refractivity contribution < 1.29 is 14.6 Å². The fraction of sp³-hybridized carbons (Fsp3) is 0.886. The average Bonchev–Trinajstić information content (AvgIpc) is 3.57. The van der Waals surface area contributed by atoms with E-state index in [1.807, 2.05) is 13.1 Å². The smallest absolute Gasteiger partial charge is 0.305 e. The van der Waals surface area contributed by atoms with Gasteiger partial charge in [0.25, 0.3) is 0 Å². The number of rotatable bonds is 11. The van der Waals surface area contributed by atoms with Gasteiger partial charge in [0.1, 0.15) is 6.10 Å². The van der Waals surface area contributed by atoms with Gasteiger partial charge in [-0.3, -0.25) is 4.79 Å². The molecule has 6 nitrogen and oxygen atoms in total. The summed E-state index contributed by atoms with van der Waals surface area (Å²) >= 11 is 0. The Balaban J connectivity index is 1.37. The lowest BCUT2D eigenvalue weighted by Gasteiger charge is -2.66. The van der Waals surface area contributed by atoms with Gasteiger partial charge in [-0.25, -0.2) is 4.98 Å². The number of imidazole rings is 1. The van der Waals surface area contributed by atoms with E-state index in [2.05, 4.69) is 49.9 Å². The number of nitrogens with zero attached hydrogens (tertiary/aromatic N) is 1. The second-order valence-corrected chi connectivity index (χ2v) is 15.5. The lowest BCUT2D eigenvalue weighted by molar-refractivity contribution is -0.237. The highest BCUT2D eigenvalue weighted by Gasteiger charge is 2.67. The van der Waals surface area contributed by atoms with Crippen molar-refractivity contribution in [2.24, 2.45) is 46.3 Å². The lowest BCUT2D eigenvalue weighted by Crippen LogP contribution is -2.71. The number of nitrogens with one attached hydrogen (secondary N) is 2. The molecule has 1 aromatic rings. The van der Waals surface area contributed by atoms with Crippen LogP contribution in [0.5, 0.6) is 0 Å². The number of fused-ring (bicyclic) bond motifs is 5. The van der Waals surface area contributed by atoms with Crippen LogP contribution in [0.1, 0.15) is 124 Å². The van der Waals surface area contributed by atoms with E-state index in [1.54, 1.807) is 6.33 Å². The number of carbonyl (C=O) groups excluding carboxylic acids is 1. The molecule has 4 unspecified atom stereocenters. The molecule has 3 N–H and O–H groups in total. The van der Waals surface area contributed by atoms with Crippen LogP contribution in [-0.2, 0) is 16.0 Å². The maximum atomic E-state index is 12.8. The van der Waals surface area contributed by atoms with E-state index in [4.69, 9.17) is 4.74 Å². The zero-order chi connectivity index (χ0) is 29.4. The number of aliphatic hydroxyl groups is 1. The topological polar surface area (TPSA) is 87.2 Å². The summed E-state index contributed by atoms with van der Waals surface area (Å²) in [5.41, 5.74) is 0.488. The third-order valence-electron chi connectivity index (χ3n) is 13.0. The fourth-order valence-corrected chi connectivity index (χ4v) is 10.7. The Bertz CT molecular complexity index is 1010. The highest BCUT2D eigenvalue weighted by Crippen LogP contribution is 2.69. The van der Waals surface area contributed by atoms with Crippen molar-refractivity contribution in [2.75, 3.05) is 6.54 Å². The van der Waals surface area contributed by atoms with Gasteiger partial charge in [0.05, 0.1) is 11.9 Å². The number of aromatic nitrogens is 2. The third-order valence-corrected chi connectivity index (χ3v) is 13.0. The Morgan fingerprint density at radius 1 is 1.15 bits per heavy atom. The minimum Gasteiger partial charge on any atom is -0.462 e. The van der Waals surface area contributed by atoms with Gasteiger partial charge in [-0.15, -0.1) is 0 Å². The Labute approximate surface area is 249 Å². The van der Waals surface area contributed by atoms with Crippen molar-refractivity contribution in [3.8, 4) is 0 Å². The lowest BCUT2D eigenvalue weighted by atomic mass is 9.42. The number of hydrogen-bond donors (Lipinski definition) is 3. The highest BCUT2D eigenvalue weighted by molar-refractivity contribution is 5.69. The number of H-pyrrole nitrogens is 1. The zero-order valence-corrected chi connectivity index (χ0v) is 26.9. The molecule has 41 heavy (non-hydrogen) atoms. The molecule has 0 aliphatic heterocycles. The highest BCUT2D eigenvalue weighted by atomic mass is 16.5. The Kier molecular flexibility index (Phi) is 9.31. The fourth-order valence-electron chi connectivity index (χ4n) is 10.7. The van der Waals surface area contributed by atoms with E-state index in [9.17, 15) is 9.90 Å². The first-order chi connectivity index (χ1) is 19.5. The van der Waals surface area contributed by atoms with Crippen molar-refractivity contribution >= 4 is 5.97 Å². The van der Waals surface area contributed by atoms with Crippen LogP contribution >= 0.6 is 0 Å². The predicted octanol–water partition coefficient (Wildman–Crippen LogP) is 7.08. The Hall–Kier alpha value is -1.40. The minimum atomic E-state index is -0.880. The second kappa shape index (κ2) is 12.3. The van der Waals surface area contributed by atoms with Crippen LogP contribution in [-0.4, -0.2) is 45.3 Å². The largest absolute Gasteiger partial charge is 0.462 e. The van der Waals surface area contributed by atoms with Crippen molar-refractivity contribution in [1.82, 2.24) is 15.3 Å². The van der Waals surface area contributed by atoms with Gasteiger partial charge in [-0.1, -0.05) is 60.8 Å². The van der Waals surface area contributed by atoms with Crippen LogP contribution in [0.2, 0.25) is 0 Å². The van der Waals surface area contributed by atoms with E-state index >= 15 is 0 Å². The van der Waals surface area contributed by atoms with Crippen LogP contribution in [0.4, 0.5) is 0 Å². The predicted molar refractivity (Wildman–Crippen MR) is 164 cm³/mol. The van der Waals surface area contributed by atoms with Gasteiger partial charge in [0.15, 0.2) is 0 Å². The van der Waals surface area contributed by atoms with Gasteiger partial charge in [0.2, 0.25) is 0 Å². The number of hydrogen-bond acceptors (Lipinski definition) is 5. The van der Waals surface area contributed by atoms with Crippen LogP contribution in [0.25, 0.3) is 0 Å². The molecule has 0 bridgehead atoms. The molecular formula is C35H59N3O3. The standard InChI is InChI=1S/C35H59N3O3/c1-7-32(39)41-26-13-17-34(6)30-14-16-33(5)28(24(4)10-8-9-23(2)3)11-12-29(33)27(30)19-31(35(34,40)20-26)37-18-15-25-21-36-22-38-25/h21-24,26-31,37,40H,7-20H2,1-6H3,(H,36,38)/t24?,26-,27?,28+,29?,30?,31+,33+,34+,35-/m0/s1. The normalized spacial score (nSPS) is 41.0. The zero-order valence-electron chi connectivity index (χ0n) is 26.9. The van der Waals surface area contributed by atoms with Crippen molar-refractivity contribution in [2.45, 2.75) is 143 Å². The molecule has 0 amide bonds. The molecule has 1 aromatic heterocycles. The van der Waals surface area contributed by atoms with Crippen LogP contribution in [0, 0.1) is 46.3 Å². The summed E-state index contributed by atoms with van der Waals surface area (Å²) in [5.74, 6) is 4.19. The number of ether oxygens (including phenoxy) is 1. The molecular weight excluding hydrogens is 510 g/mol. The molecule has 0 spiro atoms. The second-order valence-electron chi connectivity index (χ2n) is 15.5. The van der Waals surface area contributed by atoms with Crippen molar-refractivity contribution in [3.05, 3.63) is 18.2 Å². The molecule has 10 atom stereocenters. The first kappa shape index (κ1) is 31.0. The molecule has 1 heterocycles. The Morgan fingerprint density at radius 2 is 1.95 bits per heavy atom. The van der Waals surface area contributed by atoms with Gasteiger partial charge >= 0.3 is 5.97 Å². The van der Waals surface area contributed by atoms with Crippen LogP contribution < -0.4 is 5.32 Å². The van der Waals surface area contributed by atoms with E-state index in [0.29, 0.717) is 30.1 Å². The van der Waals surface area contributed by atoms with E-state index in [-0.39, 0.29) is 23.5 Å². The summed E-state index contributed by atoms with van der Waals surface area (Å²) in [6, 6.07) is 0.00432. The van der Waals surface area contributed by atoms with Crippen LogP contribution in [0.15, 0.2) is 12.5 Å². The molecule has 0 radical (unpaired) electrons. The first-order valence-corrected chi connectivity index (χ1v) is 17.1. The minimum absolute atomic E-state index is 0.00432. The number of carbonyl (C=O) groups is 1. The van der Waals surface area contributed by atoms with Gasteiger partial charge < -0.3 is 20.1 Å². The van der Waals surface area contributed by atoms with Crippen molar-refractivity contribution in [3.63, 3.8) is 0 Å². The number of esters is 1. The van der Waals surface area contributed by atoms with Gasteiger partial charge in [-0.05, 0) is 85.9 Å². The molecule has 4 aliphatic rings. The average molecular weight is 570 g/mol. The Morgan fingerprint density at radius 3 is 2.66 bits per heavy atom. The molecule has 4 aliphatic carbocycles. The molecule has 6 heteroatoms. The summed E-state index contributed by atoms with van der Waals surface area (Å²) in [5, 5.41) is 16.6. The van der Waals surface area contributed by atoms with Crippen molar-refractivity contribution in [1.29, 1.82) is 0 Å². The molecule has 0 aromatic carbocycles.